The predicted octanol–water partition coefficient (Wildman–Crippen LogP) is 6.78. The smallest absolute Gasteiger partial charge is 0.260 e. The van der Waals surface area contributed by atoms with E-state index >= 15 is 0 Å². The van der Waals surface area contributed by atoms with Gasteiger partial charge in [-0.05, 0) is 36.8 Å². The average Bonchev–Trinajstić information content (AvgIpc) is 2.85. The van der Waals surface area contributed by atoms with Crippen LogP contribution in [0.2, 0.25) is 0 Å². The summed E-state index contributed by atoms with van der Waals surface area (Å²) in [5.41, 5.74) is 1.39. The largest absolute Gasteiger partial charge is 0.494 e. The minimum absolute atomic E-state index is 0.250. The highest BCUT2D eigenvalue weighted by Gasteiger charge is 2.21. The predicted molar refractivity (Wildman–Crippen MR) is 141 cm³/mol. The molecule has 192 valence electrons. The Labute approximate surface area is 212 Å². The van der Waals surface area contributed by atoms with Gasteiger partial charge in [-0.2, -0.15) is 0 Å². The number of aryl methyl sites for hydroxylation is 1. The van der Waals surface area contributed by atoms with E-state index in [2.05, 4.69) is 6.92 Å². The van der Waals surface area contributed by atoms with E-state index in [1.807, 2.05) is 48.3 Å². The first kappa shape index (κ1) is 28.5. The minimum atomic E-state index is -0.295. The maximum atomic E-state index is 12.9. The molecule has 0 fully saturated rings. The van der Waals surface area contributed by atoms with E-state index in [1.165, 1.54) is 82.5 Å². The molecule has 2 amide bonds. The number of aromatic nitrogens is 1. The molecule has 0 N–H and O–H groups in total. The molecule has 35 heavy (non-hydrogen) atoms. The number of carbonyl (C=O) groups excluding carboxylic acids is 2. The molecule has 0 radical (unpaired) electrons. The molecule has 2 rings (SSSR count). The molecule has 5 heteroatoms. The molecule has 1 heterocycles. The Bertz CT molecular complexity index is 879. The van der Waals surface area contributed by atoms with Crippen molar-refractivity contribution in [1.29, 1.82) is 0 Å². The molecule has 0 spiro atoms. The Hall–Kier alpha value is -2.69. The Morgan fingerprint density at radius 1 is 0.829 bits per heavy atom. The number of benzene rings is 1. The van der Waals surface area contributed by atoms with Crippen molar-refractivity contribution >= 4 is 11.8 Å². The van der Waals surface area contributed by atoms with E-state index in [0.29, 0.717) is 12.2 Å². The molecule has 0 aliphatic carbocycles. The van der Waals surface area contributed by atoms with Crippen LogP contribution in [-0.4, -0.2) is 23.3 Å². The number of pyridine rings is 1. The first-order valence-corrected chi connectivity index (χ1v) is 13.5. The van der Waals surface area contributed by atoms with Crippen LogP contribution in [0, 0.1) is 0 Å². The second kappa shape index (κ2) is 16.9. The van der Waals surface area contributed by atoms with E-state index in [-0.39, 0.29) is 18.4 Å². The van der Waals surface area contributed by atoms with E-state index < -0.39 is 0 Å². The lowest BCUT2D eigenvalue weighted by Gasteiger charge is -2.19. The van der Waals surface area contributed by atoms with Crippen LogP contribution < -0.4 is 9.30 Å². The van der Waals surface area contributed by atoms with Gasteiger partial charge in [-0.3, -0.25) is 14.5 Å². The van der Waals surface area contributed by atoms with Gasteiger partial charge in [0.1, 0.15) is 12.8 Å². The number of hydrogen-bond donors (Lipinski definition) is 0. The van der Waals surface area contributed by atoms with Crippen molar-refractivity contribution in [3.05, 3.63) is 59.9 Å². The summed E-state index contributed by atoms with van der Waals surface area (Å²) in [6.45, 7) is 4.63. The zero-order valence-corrected chi connectivity index (χ0v) is 22.1. The lowest BCUT2D eigenvalue weighted by atomic mass is 10.1. The molecule has 0 bridgehead atoms. The SMILES string of the molecule is CCCCCCCCCCCCCCOc1ccc(C(=O)N(Cc2ccc[n+](C)c2)C(C)=O)cc1. The minimum Gasteiger partial charge on any atom is -0.494 e. The first-order valence-electron chi connectivity index (χ1n) is 13.5. The number of hydrogen-bond acceptors (Lipinski definition) is 3. The summed E-state index contributed by atoms with van der Waals surface area (Å²) in [4.78, 5) is 26.3. The molecule has 1 aromatic heterocycles. The summed E-state index contributed by atoms with van der Waals surface area (Å²) in [5.74, 6) is 0.194. The molecule has 0 aliphatic rings. The fraction of sp³-hybridized carbons (Fsp3) is 0.567. The molecule has 0 saturated heterocycles. The third kappa shape index (κ3) is 11.5. The third-order valence-electron chi connectivity index (χ3n) is 6.33. The second-order valence-corrected chi connectivity index (χ2v) is 9.55. The van der Waals surface area contributed by atoms with Crippen LogP contribution in [0.15, 0.2) is 48.8 Å². The van der Waals surface area contributed by atoms with E-state index in [9.17, 15) is 9.59 Å². The number of imide groups is 1. The average molecular weight is 482 g/mol. The van der Waals surface area contributed by atoms with Gasteiger partial charge in [0.2, 0.25) is 5.91 Å². The van der Waals surface area contributed by atoms with Gasteiger partial charge in [0.15, 0.2) is 12.4 Å². The number of carbonyl (C=O) groups is 2. The fourth-order valence-electron chi connectivity index (χ4n) is 4.23. The van der Waals surface area contributed by atoms with Crippen molar-refractivity contribution in [1.82, 2.24) is 4.90 Å². The van der Waals surface area contributed by atoms with Gasteiger partial charge < -0.3 is 4.74 Å². The van der Waals surface area contributed by atoms with Crippen molar-refractivity contribution in [3.63, 3.8) is 0 Å². The lowest BCUT2D eigenvalue weighted by molar-refractivity contribution is -0.672. The third-order valence-corrected chi connectivity index (χ3v) is 6.33. The quantitative estimate of drug-likeness (QED) is 0.185. The van der Waals surface area contributed by atoms with Gasteiger partial charge in [0.05, 0.1) is 13.2 Å². The zero-order valence-electron chi connectivity index (χ0n) is 22.1. The number of unbranched alkanes of at least 4 members (excludes halogenated alkanes) is 11. The van der Waals surface area contributed by atoms with Crippen LogP contribution in [0.25, 0.3) is 0 Å². The molecular formula is C30H45N2O3+. The number of ether oxygens (including phenoxy) is 1. The fourth-order valence-corrected chi connectivity index (χ4v) is 4.23. The summed E-state index contributed by atoms with van der Waals surface area (Å²) < 4.78 is 7.76. The van der Waals surface area contributed by atoms with Gasteiger partial charge in [-0.1, -0.05) is 77.6 Å². The summed E-state index contributed by atoms with van der Waals surface area (Å²) in [7, 11) is 1.92. The highest BCUT2D eigenvalue weighted by atomic mass is 16.5. The van der Waals surface area contributed by atoms with Crippen LogP contribution in [0.3, 0.4) is 0 Å². The normalized spacial score (nSPS) is 10.8. The monoisotopic (exact) mass is 481 g/mol. The van der Waals surface area contributed by atoms with Crippen molar-refractivity contribution in [2.24, 2.45) is 7.05 Å². The Morgan fingerprint density at radius 2 is 1.40 bits per heavy atom. The van der Waals surface area contributed by atoms with E-state index in [1.54, 1.807) is 12.1 Å². The Balaban J connectivity index is 1.64. The lowest BCUT2D eigenvalue weighted by Crippen LogP contribution is -2.36. The topological polar surface area (TPSA) is 50.5 Å². The molecule has 2 aromatic rings. The Kier molecular flexibility index (Phi) is 13.7. The number of amides is 2. The van der Waals surface area contributed by atoms with Crippen molar-refractivity contribution in [2.45, 2.75) is 97.4 Å². The molecular weight excluding hydrogens is 436 g/mol. The van der Waals surface area contributed by atoms with Gasteiger partial charge in [-0.25, -0.2) is 4.57 Å². The summed E-state index contributed by atoms with van der Waals surface area (Å²) in [5, 5.41) is 0. The van der Waals surface area contributed by atoms with E-state index in [0.717, 1.165) is 17.7 Å². The zero-order chi connectivity index (χ0) is 25.3. The summed E-state index contributed by atoms with van der Waals surface area (Å²) in [6, 6.07) is 10.9. The maximum absolute atomic E-state index is 12.9. The molecule has 0 saturated carbocycles. The number of rotatable bonds is 17. The summed E-state index contributed by atoms with van der Waals surface area (Å²) in [6.07, 6.45) is 19.7. The van der Waals surface area contributed by atoms with E-state index in [4.69, 9.17) is 4.74 Å². The number of nitrogens with zero attached hydrogens (tertiary/aromatic N) is 2. The van der Waals surface area contributed by atoms with Gasteiger partial charge in [0, 0.05) is 24.1 Å². The van der Waals surface area contributed by atoms with Crippen molar-refractivity contribution < 1.29 is 18.9 Å². The molecule has 1 aromatic carbocycles. The molecule has 5 nitrogen and oxygen atoms in total. The second-order valence-electron chi connectivity index (χ2n) is 9.55. The van der Waals surface area contributed by atoms with Crippen molar-refractivity contribution in [2.75, 3.05) is 6.61 Å². The van der Waals surface area contributed by atoms with Crippen LogP contribution >= 0.6 is 0 Å². The van der Waals surface area contributed by atoms with Gasteiger partial charge >= 0.3 is 0 Å². The van der Waals surface area contributed by atoms with Crippen molar-refractivity contribution in [3.8, 4) is 5.75 Å². The Morgan fingerprint density at radius 3 is 1.94 bits per heavy atom. The van der Waals surface area contributed by atoms with Crippen LogP contribution in [0.4, 0.5) is 0 Å². The summed E-state index contributed by atoms with van der Waals surface area (Å²) >= 11 is 0. The molecule has 0 aliphatic heterocycles. The molecule has 0 atom stereocenters. The van der Waals surface area contributed by atoms with Gasteiger partial charge in [0.25, 0.3) is 5.91 Å². The van der Waals surface area contributed by atoms with Crippen LogP contribution in [0.1, 0.15) is 107 Å². The highest BCUT2D eigenvalue weighted by molar-refractivity contribution is 6.04. The van der Waals surface area contributed by atoms with Crippen LogP contribution in [0.5, 0.6) is 5.75 Å². The molecule has 0 unspecified atom stereocenters. The van der Waals surface area contributed by atoms with Crippen LogP contribution in [-0.2, 0) is 18.4 Å². The first-order chi connectivity index (χ1) is 17.0. The standard InChI is InChI=1S/C30H45N2O3/c1-4-5-6-7-8-9-10-11-12-13-14-15-23-35-29-20-18-28(19-21-29)30(34)32(26(2)33)25-27-17-16-22-31(3)24-27/h16-22,24H,4-15,23,25H2,1-3H3/q+1. The van der Waals surface area contributed by atoms with Gasteiger partial charge in [-0.15, -0.1) is 0 Å². The maximum Gasteiger partial charge on any atom is 0.260 e. The highest BCUT2D eigenvalue weighted by Crippen LogP contribution is 2.17.